The first kappa shape index (κ1) is 22.2. The molecule has 0 aliphatic carbocycles. The van der Waals surface area contributed by atoms with Gasteiger partial charge in [0.1, 0.15) is 12.9 Å². The number of imidazole rings is 1. The van der Waals surface area contributed by atoms with Crippen molar-refractivity contribution in [3.8, 4) is 17.2 Å². The summed E-state index contributed by atoms with van der Waals surface area (Å²) in [7, 11) is 0. The maximum atomic E-state index is 12.9. The highest BCUT2D eigenvalue weighted by Crippen LogP contribution is 2.30. The molecule has 1 amide bonds. The molecule has 0 spiro atoms. The van der Waals surface area contributed by atoms with E-state index in [1.807, 2.05) is 72.2 Å². The van der Waals surface area contributed by atoms with Crippen molar-refractivity contribution >= 4 is 22.6 Å². The number of rotatable bonds is 8. The molecule has 174 valence electrons. The minimum absolute atomic E-state index is 0.229. The summed E-state index contributed by atoms with van der Waals surface area (Å²) in [5, 5.41) is 2.95. The molecule has 5 rings (SSSR count). The van der Waals surface area contributed by atoms with E-state index in [0.717, 1.165) is 22.3 Å². The number of pyridine rings is 1. The number of ether oxygens (including phenoxy) is 2. The molecule has 0 saturated carbocycles. The van der Waals surface area contributed by atoms with Crippen LogP contribution in [-0.2, 0) is 6.61 Å². The van der Waals surface area contributed by atoms with E-state index in [4.69, 9.17) is 9.47 Å². The van der Waals surface area contributed by atoms with E-state index in [2.05, 4.69) is 15.3 Å². The largest absolute Gasteiger partial charge is 0.490 e. The lowest BCUT2D eigenvalue weighted by molar-refractivity contribution is 0.102. The summed E-state index contributed by atoms with van der Waals surface area (Å²) in [6, 6.07) is 24.6. The Bertz CT molecular complexity index is 1450. The predicted molar refractivity (Wildman–Crippen MR) is 135 cm³/mol. The Morgan fingerprint density at radius 2 is 1.71 bits per heavy atom. The van der Waals surface area contributed by atoms with E-state index in [1.54, 1.807) is 36.9 Å². The van der Waals surface area contributed by atoms with Crippen molar-refractivity contribution in [1.82, 2.24) is 14.5 Å². The second-order valence-electron chi connectivity index (χ2n) is 7.84. The molecule has 7 heteroatoms. The monoisotopic (exact) mass is 464 g/mol. The zero-order chi connectivity index (χ0) is 24.0. The number of nitrogens with one attached hydrogen (secondary N) is 1. The Balaban J connectivity index is 1.29. The van der Waals surface area contributed by atoms with E-state index in [0.29, 0.717) is 36.0 Å². The molecule has 0 unspecified atom stereocenters. The second kappa shape index (κ2) is 10.1. The highest BCUT2D eigenvalue weighted by Gasteiger charge is 2.13. The van der Waals surface area contributed by atoms with E-state index >= 15 is 0 Å². The van der Waals surface area contributed by atoms with Gasteiger partial charge in [-0.25, -0.2) is 4.98 Å². The Labute approximate surface area is 203 Å². The van der Waals surface area contributed by atoms with Gasteiger partial charge in [0.2, 0.25) is 0 Å². The number of anilines is 1. The lowest BCUT2D eigenvalue weighted by Gasteiger charge is -2.14. The molecule has 7 nitrogen and oxygen atoms in total. The van der Waals surface area contributed by atoms with Gasteiger partial charge in [-0.05, 0) is 79.2 Å². The molecule has 0 fully saturated rings. The summed E-state index contributed by atoms with van der Waals surface area (Å²) in [6.07, 6.45) is 5.24. The van der Waals surface area contributed by atoms with Crippen LogP contribution in [0.3, 0.4) is 0 Å². The normalized spacial score (nSPS) is 10.8. The summed E-state index contributed by atoms with van der Waals surface area (Å²) in [5.74, 6) is 0.876. The number of para-hydroxylation sites is 2. The van der Waals surface area contributed by atoms with Gasteiger partial charge in [-0.3, -0.25) is 14.3 Å². The Hall–Kier alpha value is -4.65. The lowest BCUT2D eigenvalue weighted by Crippen LogP contribution is -2.12. The van der Waals surface area contributed by atoms with Crippen molar-refractivity contribution in [1.29, 1.82) is 0 Å². The first-order valence-electron chi connectivity index (χ1n) is 11.3. The molecule has 0 atom stereocenters. The molecular weight excluding hydrogens is 440 g/mol. The Morgan fingerprint density at radius 3 is 2.51 bits per heavy atom. The average Bonchev–Trinajstić information content (AvgIpc) is 3.33. The van der Waals surface area contributed by atoms with Gasteiger partial charge in [-0.15, -0.1) is 0 Å². The highest BCUT2D eigenvalue weighted by atomic mass is 16.5. The molecule has 1 N–H and O–H groups in total. The second-order valence-corrected chi connectivity index (χ2v) is 7.84. The van der Waals surface area contributed by atoms with Gasteiger partial charge >= 0.3 is 0 Å². The summed E-state index contributed by atoms with van der Waals surface area (Å²) in [5.41, 5.74) is 5.10. The van der Waals surface area contributed by atoms with Gasteiger partial charge in [-0.1, -0.05) is 12.1 Å². The SMILES string of the molecule is CCOc1cc(C(=O)Nc2ccc(-n3cnc4ccccc43)cc2)ccc1OCc1ccncc1. The van der Waals surface area contributed by atoms with Crippen LogP contribution in [0.5, 0.6) is 11.5 Å². The quantitative estimate of drug-likeness (QED) is 0.321. The predicted octanol–water partition coefficient (Wildman–Crippen LogP) is 5.65. The molecular formula is C28H24N4O3. The standard InChI is InChI=1S/C28H24N4O3/c1-2-34-27-17-21(7-12-26(27)35-18-20-13-15-29-16-14-20)28(33)31-22-8-10-23(11-9-22)32-19-30-24-5-3-4-6-25(24)32/h3-17,19H,2,18H2,1H3,(H,31,33). The number of hydrogen-bond donors (Lipinski definition) is 1. The van der Waals surface area contributed by atoms with Gasteiger partial charge in [-0.2, -0.15) is 0 Å². The third-order valence-corrected chi connectivity index (χ3v) is 5.51. The molecule has 2 aromatic heterocycles. The van der Waals surface area contributed by atoms with Gasteiger partial charge < -0.3 is 14.8 Å². The molecule has 0 aliphatic heterocycles. The summed E-state index contributed by atoms with van der Waals surface area (Å²) >= 11 is 0. The minimum Gasteiger partial charge on any atom is -0.490 e. The van der Waals surface area contributed by atoms with Crippen LogP contribution in [-0.4, -0.2) is 27.0 Å². The molecule has 0 bridgehead atoms. The number of carbonyl (C=O) groups is 1. The van der Waals surface area contributed by atoms with Crippen LogP contribution in [0.4, 0.5) is 5.69 Å². The lowest BCUT2D eigenvalue weighted by atomic mass is 10.1. The van der Waals surface area contributed by atoms with Crippen molar-refractivity contribution in [2.75, 3.05) is 11.9 Å². The molecule has 2 heterocycles. The number of aromatic nitrogens is 3. The number of amides is 1. The minimum atomic E-state index is -0.229. The van der Waals surface area contributed by atoms with Crippen LogP contribution in [0.25, 0.3) is 16.7 Å². The summed E-state index contributed by atoms with van der Waals surface area (Å²) < 4.78 is 13.7. The smallest absolute Gasteiger partial charge is 0.255 e. The van der Waals surface area contributed by atoms with Gasteiger partial charge in [0.15, 0.2) is 11.5 Å². The first-order valence-corrected chi connectivity index (χ1v) is 11.3. The topological polar surface area (TPSA) is 78.3 Å². The van der Waals surface area contributed by atoms with Crippen LogP contribution >= 0.6 is 0 Å². The zero-order valence-corrected chi connectivity index (χ0v) is 19.2. The fraction of sp³-hybridized carbons (Fsp3) is 0.107. The van der Waals surface area contributed by atoms with Gasteiger partial charge in [0.25, 0.3) is 5.91 Å². The Kier molecular flexibility index (Phi) is 6.39. The van der Waals surface area contributed by atoms with Crippen molar-refractivity contribution in [3.63, 3.8) is 0 Å². The van der Waals surface area contributed by atoms with Crippen molar-refractivity contribution in [2.24, 2.45) is 0 Å². The number of fused-ring (bicyclic) bond motifs is 1. The number of hydrogen-bond acceptors (Lipinski definition) is 5. The van der Waals surface area contributed by atoms with Crippen molar-refractivity contribution in [3.05, 3.63) is 109 Å². The number of carbonyl (C=O) groups excluding carboxylic acids is 1. The first-order chi connectivity index (χ1) is 17.2. The van der Waals surface area contributed by atoms with Crippen LogP contribution < -0.4 is 14.8 Å². The van der Waals surface area contributed by atoms with Gasteiger partial charge in [0, 0.05) is 29.3 Å². The molecule has 3 aromatic carbocycles. The summed E-state index contributed by atoms with van der Waals surface area (Å²) in [4.78, 5) is 21.4. The zero-order valence-electron chi connectivity index (χ0n) is 19.2. The summed E-state index contributed by atoms with van der Waals surface area (Å²) in [6.45, 7) is 2.73. The third kappa shape index (κ3) is 4.99. The van der Waals surface area contributed by atoms with E-state index in [9.17, 15) is 4.79 Å². The third-order valence-electron chi connectivity index (χ3n) is 5.51. The van der Waals surface area contributed by atoms with E-state index in [1.165, 1.54) is 0 Å². The van der Waals surface area contributed by atoms with E-state index in [-0.39, 0.29) is 5.91 Å². The van der Waals surface area contributed by atoms with Gasteiger partial charge in [0.05, 0.1) is 17.6 Å². The van der Waals surface area contributed by atoms with Crippen LogP contribution in [0.15, 0.2) is 97.6 Å². The van der Waals surface area contributed by atoms with Crippen LogP contribution in [0.1, 0.15) is 22.8 Å². The molecule has 0 saturated heterocycles. The molecule has 35 heavy (non-hydrogen) atoms. The van der Waals surface area contributed by atoms with Crippen LogP contribution in [0.2, 0.25) is 0 Å². The van der Waals surface area contributed by atoms with Crippen LogP contribution in [0, 0.1) is 0 Å². The molecule has 5 aromatic rings. The molecule has 0 aliphatic rings. The van der Waals surface area contributed by atoms with Crippen molar-refractivity contribution < 1.29 is 14.3 Å². The fourth-order valence-electron chi connectivity index (χ4n) is 3.75. The Morgan fingerprint density at radius 1 is 0.914 bits per heavy atom. The van der Waals surface area contributed by atoms with Crippen molar-refractivity contribution in [2.45, 2.75) is 13.5 Å². The molecule has 0 radical (unpaired) electrons. The van der Waals surface area contributed by atoms with E-state index < -0.39 is 0 Å². The maximum absolute atomic E-state index is 12.9. The number of benzene rings is 3. The highest BCUT2D eigenvalue weighted by molar-refractivity contribution is 6.04. The maximum Gasteiger partial charge on any atom is 0.255 e. The fourth-order valence-corrected chi connectivity index (χ4v) is 3.75. The number of nitrogens with zero attached hydrogens (tertiary/aromatic N) is 3. The average molecular weight is 465 g/mol.